The first-order chi connectivity index (χ1) is 9.79. The van der Waals surface area contributed by atoms with E-state index in [0.717, 1.165) is 21.4 Å². The molecule has 2 aliphatic rings. The van der Waals surface area contributed by atoms with Crippen LogP contribution in [0.2, 0.25) is 0 Å². The molecule has 3 nitrogen and oxygen atoms in total. The number of benzene rings is 1. The number of carbonyl (C=O) groups is 1. The third-order valence-electron chi connectivity index (χ3n) is 2.86. The fraction of sp³-hybridized carbons (Fsp3) is 0.0667. The van der Waals surface area contributed by atoms with Crippen LogP contribution in [0.25, 0.3) is 0 Å². The molecule has 0 saturated carbocycles. The van der Waals surface area contributed by atoms with Crippen LogP contribution in [0.3, 0.4) is 0 Å². The monoisotopic (exact) mass is 301 g/mol. The van der Waals surface area contributed by atoms with Crippen LogP contribution in [-0.4, -0.2) is 17.9 Å². The van der Waals surface area contributed by atoms with Crippen molar-refractivity contribution in [3.05, 3.63) is 64.7 Å². The van der Waals surface area contributed by atoms with E-state index >= 15 is 0 Å². The summed E-state index contributed by atoms with van der Waals surface area (Å²) in [4.78, 5) is 16.4. The number of ketones is 1. The van der Waals surface area contributed by atoms with E-state index in [0.29, 0.717) is 5.57 Å². The predicted octanol–water partition coefficient (Wildman–Crippen LogP) is 3.74. The average Bonchev–Trinajstić information content (AvgIpc) is 2.97. The maximum absolute atomic E-state index is 11.8. The first kappa shape index (κ1) is 13.3. The highest BCUT2D eigenvalue weighted by Crippen LogP contribution is 2.45. The minimum atomic E-state index is 0.000580. The maximum atomic E-state index is 11.8. The molecule has 0 aromatic heterocycles. The minimum Gasteiger partial charge on any atom is -0.496 e. The van der Waals surface area contributed by atoms with Crippen LogP contribution in [-0.2, 0) is 4.79 Å². The van der Waals surface area contributed by atoms with Gasteiger partial charge in [-0.05, 0) is 45.9 Å². The Morgan fingerprint density at radius 1 is 1.10 bits per heavy atom. The van der Waals surface area contributed by atoms with Crippen molar-refractivity contribution in [2.75, 3.05) is 7.11 Å². The molecule has 0 atom stereocenters. The number of ether oxygens (including phenoxy) is 1. The lowest BCUT2D eigenvalue weighted by molar-refractivity contribution is -0.111. The fourth-order valence-electron chi connectivity index (χ4n) is 1.88. The molecule has 5 heteroatoms. The van der Waals surface area contributed by atoms with Gasteiger partial charge in [0.05, 0.1) is 12.7 Å². The van der Waals surface area contributed by atoms with Crippen molar-refractivity contribution in [1.82, 2.24) is 0 Å². The zero-order chi connectivity index (χ0) is 13.9. The van der Waals surface area contributed by atoms with E-state index in [9.17, 15) is 4.79 Å². The van der Waals surface area contributed by atoms with Gasteiger partial charge >= 0.3 is 0 Å². The maximum Gasteiger partial charge on any atom is 0.188 e. The molecule has 3 rings (SSSR count). The standard InChI is InChI=1S/C15H11NO2S2/c1-18-13-9-5-3-7-11(13)15-16-14(19-20-15)10-6-2-4-8-12(10)17/h2-9H,1H3. The quantitative estimate of drug-likeness (QED) is 0.616. The van der Waals surface area contributed by atoms with Crippen molar-refractivity contribution < 1.29 is 9.53 Å². The van der Waals surface area contributed by atoms with Crippen molar-refractivity contribution in [2.24, 2.45) is 4.99 Å². The largest absolute Gasteiger partial charge is 0.496 e. The lowest BCUT2D eigenvalue weighted by atomic mass is 10.1. The summed E-state index contributed by atoms with van der Waals surface area (Å²) in [5.74, 6) is 0.789. The molecule has 1 aromatic rings. The minimum absolute atomic E-state index is 0.000580. The number of carbonyl (C=O) groups excluding carboxylic acids is 1. The fourth-order valence-corrected chi connectivity index (χ4v) is 4.11. The topological polar surface area (TPSA) is 38.7 Å². The molecule has 0 spiro atoms. The number of allylic oxidation sites excluding steroid dienone is 5. The Kier molecular flexibility index (Phi) is 3.80. The highest BCUT2D eigenvalue weighted by atomic mass is 33.1. The van der Waals surface area contributed by atoms with Gasteiger partial charge in [0.2, 0.25) is 0 Å². The lowest BCUT2D eigenvalue weighted by Crippen LogP contribution is -2.00. The predicted molar refractivity (Wildman–Crippen MR) is 85.0 cm³/mol. The number of nitrogens with zero attached hydrogens (tertiary/aromatic N) is 1. The lowest BCUT2D eigenvalue weighted by Gasteiger charge is -2.05. The van der Waals surface area contributed by atoms with E-state index in [4.69, 9.17) is 4.74 Å². The van der Waals surface area contributed by atoms with Crippen LogP contribution >= 0.6 is 21.6 Å². The summed E-state index contributed by atoms with van der Waals surface area (Å²) in [5.41, 5.74) is 1.60. The van der Waals surface area contributed by atoms with Crippen LogP contribution < -0.4 is 4.74 Å². The Morgan fingerprint density at radius 2 is 1.90 bits per heavy atom. The number of rotatable bonds is 2. The number of hydrogen-bond acceptors (Lipinski definition) is 5. The molecule has 20 heavy (non-hydrogen) atoms. The van der Waals surface area contributed by atoms with E-state index < -0.39 is 0 Å². The second-order valence-corrected chi connectivity index (χ2v) is 6.19. The molecule has 1 aliphatic heterocycles. The van der Waals surface area contributed by atoms with Crippen LogP contribution in [0.4, 0.5) is 0 Å². The van der Waals surface area contributed by atoms with Crippen molar-refractivity contribution in [2.45, 2.75) is 0 Å². The summed E-state index contributed by atoms with van der Waals surface area (Å²) in [6.07, 6.45) is 6.96. The van der Waals surface area contributed by atoms with Crippen LogP contribution in [0.1, 0.15) is 5.56 Å². The van der Waals surface area contributed by atoms with Gasteiger partial charge in [-0.3, -0.25) is 4.79 Å². The van der Waals surface area contributed by atoms with Crippen LogP contribution in [0.15, 0.2) is 64.2 Å². The van der Waals surface area contributed by atoms with Gasteiger partial charge in [-0.1, -0.05) is 24.3 Å². The number of hydrogen-bond donors (Lipinski definition) is 0. The Bertz CT molecular complexity index is 687. The molecule has 0 N–H and O–H groups in total. The van der Waals surface area contributed by atoms with Gasteiger partial charge in [0, 0.05) is 5.56 Å². The smallest absolute Gasteiger partial charge is 0.188 e. The molecular formula is C15H11NO2S2. The molecule has 0 bridgehead atoms. The number of para-hydroxylation sites is 1. The first-order valence-corrected chi connectivity index (χ1v) is 8.14. The summed E-state index contributed by atoms with van der Waals surface area (Å²) in [5, 5.41) is 1.62. The summed E-state index contributed by atoms with van der Waals surface area (Å²) < 4.78 is 5.35. The number of methoxy groups -OCH3 is 1. The molecule has 0 amide bonds. The van der Waals surface area contributed by atoms with E-state index in [1.807, 2.05) is 30.3 Å². The molecule has 100 valence electrons. The molecule has 0 fully saturated rings. The van der Waals surface area contributed by atoms with E-state index in [1.54, 1.807) is 36.1 Å². The van der Waals surface area contributed by atoms with Crippen LogP contribution in [0.5, 0.6) is 5.75 Å². The summed E-state index contributed by atoms with van der Waals surface area (Å²) in [6.45, 7) is 0. The highest BCUT2D eigenvalue weighted by molar-refractivity contribution is 8.84. The van der Waals surface area contributed by atoms with Crippen molar-refractivity contribution in [3.8, 4) is 5.75 Å². The van der Waals surface area contributed by atoms with Crippen molar-refractivity contribution in [1.29, 1.82) is 0 Å². The van der Waals surface area contributed by atoms with E-state index in [-0.39, 0.29) is 5.78 Å². The van der Waals surface area contributed by atoms with Gasteiger partial charge in [0.15, 0.2) is 5.78 Å². The van der Waals surface area contributed by atoms with Gasteiger partial charge in [-0.25, -0.2) is 4.99 Å². The van der Waals surface area contributed by atoms with E-state index in [2.05, 4.69) is 4.99 Å². The summed E-state index contributed by atoms with van der Waals surface area (Å²) in [6, 6.07) is 7.75. The zero-order valence-corrected chi connectivity index (χ0v) is 12.3. The highest BCUT2D eigenvalue weighted by Gasteiger charge is 2.22. The first-order valence-electron chi connectivity index (χ1n) is 5.99. The third kappa shape index (κ3) is 2.46. The van der Waals surface area contributed by atoms with Gasteiger partial charge in [0.1, 0.15) is 15.8 Å². The second kappa shape index (κ2) is 5.73. The van der Waals surface area contributed by atoms with Gasteiger partial charge in [-0.15, -0.1) is 0 Å². The van der Waals surface area contributed by atoms with Gasteiger partial charge in [0.25, 0.3) is 0 Å². The Morgan fingerprint density at radius 3 is 2.70 bits per heavy atom. The van der Waals surface area contributed by atoms with Gasteiger partial charge in [-0.2, -0.15) is 0 Å². The molecular weight excluding hydrogens is 290 g/mol. The van der Waals surface area contributed by atoms with E-state index in [1.165, 1.54) is 10.8 Å². The third-order valence-corrected chi connectivity index (χ3v) is 5.08. The van der Waals surface area contributed by atoms with Crippen molar-refractivity contribution in [3.63, 3.8) is 0 Å². The molecule has 0 saturated heterocycles. The number of aliphatic imine (C=N–C) groups is 1. The van der Waals surface area contributed by atoms with Gasteiger partial charge < -0.3 is 4.74 Å². The molecule has 1 heterocycles. The molecule has 1 aromatic carbocycles. The Balaban J connectivity index is 2.00. The second-order valence-electron chi connectivity index (χ2n) is 4.09. The molecule has 0 unspecified atom stereocenters. The molecule has 1 aliphatic carbocycles. The Hall–Kier alpha value is -1.72. The summed E-state index contributed by atoms with van der Waals surface area (Å²) in [7, 11) is 4.70. The average molecular weight is 301 g/mol. The normalized spacial score (nSPS) is 21.2. The zero-order valence-electron chi connectivity index (χ0n) is 10.7. The summed E-state index contributed by atoms with van der Waals surface area (Å²) >= 11 is 0. The Labute approximate surface area is 124 Å². The SMILES string of the molecule is COc1ccccc1C1=NC(=C2C=CC=CC2=O)SS1. The van der Waals surface area contributed by atoms with Crippen LogP contribution in [0, 0.1) is 0 Å². The molecule has 0 radical (unpaired) electrons. The van der Waals surface area contributed by atoms with Crippen molar-refractivity contribution >= 4 is 32.4 Å².